The first-order valence-corrected chi connectivity index (χ1v) is 5.14. The van der Waals surface area contributed by atoms with E-state index < -0.39 is 4.92 Å². The third kappa shape index (κ3) is 3.21. The summed E-state index contributed by atoms with van der Waals surface area (Å²) in [5.74, 6) is 0.611. The van der Waals surface area contributed by atoms with Crippen molar-refractivity contribution in [3.63, 3.8) is 0 Å². The zero-order chi connectivity index (χ0) is 13.7. The molecule has 0 aliphatic carbocycles. The second kappa shape index (κ2) is 5.52. The van der Waals surface area contributed by atoms with Crippen LogP contribution in [0, 0.1) is 10.1 Å². The van der Waals surface area contributed by atoms with Crippen molar-refractivity contribution in [2.45, 2.75) is 0 Å². The summed E-state index contributed by atoms with van der Waals surface area (Å²) in [5.41, 5.74) is -0.126. The number of hydrogen-bond donors (Lipinski definition) is 0. The summed E-state index contributed by atoms with van der Waals surface area (Å²) in [5, 5.41) is 10.8. The molecule has 0 aliphatic heterocycles. The average molecular weight is 257 g/mol. The Labute approximate surface area is 107 Å². The molecule has 1 aromatic heterocycles. The lowest BCUT2D eigenvalue weighted by molar-refractivity contribution is -0.384. The Morgan fingerprint density at radius 2 is 2.16 bits per heavy atom. The molecular weight excluding hydrogens is 250 g/mol. The highest BCUT2D eigenvalue weighted by Gasteiger charge is 2.11. The molecule has 0 radical (unpaired) electrons. The maximum atomic E-state index is 10.8. The molecule has 0 spiro atoms. The Kier molecular flexibility index (Phi) is 3.61. The molecule has 1 heterocycles. The zero-order valence-electron chi connectivity index (χ0n) is 9.52. The second-order valence-corrected chi connectivity index (χ2v) is 3.44. The maximum absolute atomic E-state index is 10.8. The highest BCUT2D eigenvalue weighted by atomic mass is 16.6. The van der Waals surface area contributed by atoms with Gasteiger partial charge in [-0.05, 0) is 12.1 Å². The van der Waals surface area contributed by atoms with Gasteiger partial charge in [-0.25, -0.2) is 4.79 Å². The highest BCUT2D eigenvalue weighted by Crippen LogP contribution is 2.30. The van der Waals surface area contributed by atoms with Gasteiger partial charge in [0.2, 0.25) is 6.08 Å². The molecule has 0 unspecified atom stereocenters. The number of non-ortho nitro benzene ring substituents is 1. The molecule has 94 valence electrons. The Hall–Kier alpha value is -3.05. The van der Waals surface area contributed by atoms with Gasteiger partial charge in [0, 0.05) is 18.3 Å². The fraction of sp³-hybridized carbons (Fsp3) is 0. The van der Waals surface area contributed by atoms with Crippen molar-refractivity contribution in [2.24, 2.45) is 4.99 Å². The molecule has 2 aromatic rings. The largest absolute Gasteiger partial charge is 0.455 e. The number of rotatable bonds is 4. The topological polar surface area (TPSA) is 94.7 Å². The molecule has 2 rings (SSSR count). The maximum Gasteiger partial charge on any atom is 0.275 e. The van der Waals surface area contributed by atoms with Crippen molar-refractivity contribution in [1.82, 2.24) is 4.98 Å². The number of aliphatic imine (C=N–C) groups is 1. The van der Waals surface area contributed by atoms with Crippen LogP contribution in [0.15, 0.2) is 47.7 Å². The molecule has 0 atom stereocenters. The minimum absolute atomic E-state index is 0.100. The molecule has 0 N–H and O–H groups in total. The second-order valence-electron chi connectivity index (χ2n) is 3.44. The SMILES string of the molecule is O=C=Nc1cc(Oc2cccnc2)cc([N+](=O)[O-])c1. The van der Waals surface area contributed by atoms with Crippen LogP contribution in [-0.2, 0) is 4.79 Å². The van der Waals surface area contributed by atoms with Gasteiger partial charge >= 0.3 is 0 Å². The van der Waals surface area contributed by atoms with E-state index in [0.717, 1.165) is 6.07 Å². The first-order chi connectivity index (χ1) is 9.19. The van der Waals surface area contributed by atoms with Crippen LogP contribution in [-0.4, -0.2) is 16.0 Å². The number of isocyanates is 1. The van der Waals surface area contributed by atoms with E-state index in [9.17, 15) is 14.9 Å². The van der Waals surface area contributed by atoms with E-state index >= 15 is 0 Å². The molecule has 0 saturated heterocycles. The van der Waals surface area contributed by atoms with Crippen molar-refractivity contribution < 1.29 is 14.5 Å². The molecule has 0 bridgehead atoms. The monoisotopic (exact) mass is 257 g/mol. The fourth-order valence-corrected chi connectivity index (χ4v) is 1.39. The summed E-state index contributed by atoms with van der Waals surface area (Å²) in [6.45, 7) is 0. The molecule has 0 aliphatic rings. The van der Waals surface area contributed by atoms with Crippen LogP contribution in [0.3, 0.4) is 0 Å². The first-order valence-electron chi connectivity index (χ1n) is 5.14. The van der Waals surface area contributed by atoms with Crippen LogP contribution in [0.5, 0.6) is 11.5 Å². The van der Waals surface area contributed by atoms with Crippen molar-refractivity contribution in [3.8, 4) is 11.5 Å². The predicted molar refractivity (Wildman–Crippen MR) is 65.2 cm³/mol. The van der Waals surface area contributed by atoms with Crippen molar-refractivity contribution in [1.29, 1.82) is 0 Å². The smallest absolute Gasteiger partial charge is 0.275 e. The number of carbonyl (C=O) groups excluding carboxylic acids is 1. The van der Waals surface area contributed by atoms with E-state index in [2.05, 4.69) is 9.98 Å². The van der Waals surface area contributed by atoms with Gasteiger partial charge in [-0.1, -0.05) is 0 Å². The first kappa shape index (κ1) is 12.4. The van der Waals surface area contributed by atoms with Gasteiger partial charge in [-0.2, -0.15) is 4.99 Å². The third-order valence-corrected chi connectivity index (χ3v) is 2.13. The molecule has 19 heavy (non-hydrogen) atoms. The third-order valence-electron chi connectivity index (χ3n) is 2.13. The quantitative estimate of drug-likeness (QED) is 0.363. The van der Waals surface area contributed by atoms with Crippen molar-refractivity contribution >= 4 is 17.5 Å². The molecular formula is C12H7N3O4. The molecule has 0 fully saturated rings. The van der Waals surface area contributed by atoms with Gasteiger partial charge in [-0.15, -0.1) is 0 Å². The van der Waals surface area contributed by atoms with Crippen molar-refractivity contribution in [3.05, 3.63) is 52.8 Å². The average Bonchev–Trinajstić information content (AvgIpc) is 2.40. The number of aromatic nitrogens is 1. The fourth-order valence-electron chi connectivity index (χ4n) is 1.39. The van der Waals surface area contributed by atoms with Gasteiger partial charge < -0.3 is 4.74 Å². The Morgan fingerprint density at radius 3 is 2.79 bits per heavy atom. The van der Waals surface area contributed by atoms with E-state index in [4.69, 9.17) is 4.74 Å². The number of nitro benzene ring substituents is 1. The normalized spacial score (nSPS) is 9.47. The Bertz CT molecular complexity index is 631. The number of benzene rings is 1. The van der Waals surface area contributed by atoms with E-state index in [1.807, 2.05) is 0 Å². The van der Waals surface area contributed by atoms with Gasteiger partial charge in [0.15, 0.2) is 0 Å². The van der Waals surface area contributed by atoms with Crippen LogP contribution < -0.4 is 4.74 Å². The van der Waals surface area contributed by atoms with Crippen LogP contribution in [0.1, 0.15) is 0 Å². The van der Waals surface area contributed by atoms with E-state index in [1.54, 1.807) is 18.3 Å². The minimum Gasteiger partial charge on any atom is -0.455 e. The van der Waals surface area contributed by atoms with Crippen LogP contribution in [0.25, 0.3) is 0 Å². The van der Waals surface area contributed by atoms with E-state index in [1.165, 1.54) is 24.4 Å². The Balaban J connectivity index is 2.39. The lowest BCUT2D eigenvalue weighted by Gasteiger charge is -2.05. The predicted octanol–water partition coefficient (Wildman–Crippen LogP) is 2.75. The lowest BCUT2D eigenvalue weighted by Crippen LogP contribution is -1.90. The summed E-state index contributed by atoms with van der Waals surface area (Å²) in [6.07, 6.45) is 4.36. The number of nitro groups is 1. The summed E-state index contributed by atoms with van der Waals surface area (Å²) in [7, 11) is 0. The number of pyridine rings is 1. The summed E-state index contributed by atoms with van der Waals surface area (Å²) in [4.78, 5) is 27.6. The standard InChI is InChI=1S/C12H7N3O4/c16-8-14-9-4-10(15(17)18)6-12(5-9)19-11-2-1-3-13-7-11/h1-7H. The summed E-state index contributed by atoms with van der Waals surface area (Å²) in [6, 6.07) is 7.09. The van der Waals surface area contributed by atoms with E-state index in [0.29, 0.717) is 5.75 Å². The van der Waals surface area contributed by atoms with Gasteiger partial charge in [-0.3, -0.25) is 15.1 Å². The highest BCUT2D eigenvalue weighted by molar-refractivity contribution is 5.57. The molecule has 7 nitrogen and oxygen atoms in total. The number of hydrogen-bond acceptors (Lipinski definition) is 6. The van der Waals surface area contributed by atoms with Crippen LogP contribution in [0.2, 0.25) is 0 Å². The van der Waals surface area contributed by atoms with Gasteiger partial charge in [0.1, 0.15) is 11.5 Å². The summed E-state index contributed by atoms with van der Waals surface area (Å²) >= 11 is 0. The van der Waals surface area contributed by atoms with Gasteiger partial charge in [0.05, 0.1) is 22.9 Å². The van der Waals surface area contributed by atoms with Crippen LogP contribution in [0.4, 0.5) is 11.4 Å². The van der Waals surface area contributed by atoms with Gasteiger partial charge in [0.25, 0.3) is 5.69 Å². The molecule has 0 amide bonds. The molecule has 1 aromatic carbocycles. The lowest BCUT2D eigenvalue weighted by atomic mass is 10.2. The van der Waals surface area contributed by atoms with E-state index in [-0.39, 0.29) is 17.1 Å². The summed E-state index contributed by atoms with van der Waals surface area (Å²) < 4.78 is 5.40. The molecule has 7 heteroatoms. The number of ether oxygens (including phenoxy) is 1. The molecule has 0 saturated carbocycles. The van der Waals surface area contributed by atoms with Crippen molar-refractivity contribution in [2.75, 3.05) is 0 Å². The Morgan fingerprint density at radius 1 is 1.32 bits per heavy atom. The van der Waals surface area contributed by atoms with Crippen LogP contribution >= 0.6 is 0 Å². The zero-order valence-corrected chi connectivity index (χ0v) is 9.52. The minimum atomic E-state index is -0.597. The number of nitrogens with zero attached hydrogens (tertiary/aromatic N) is 3.